The van der Waals surface area contributed by atoms with E-state index >= 15 is 0 Å². The van der Waals surface area contributed by atoms with Crippen LogP contribution in [0.25, 0.3) is 11.1 Å². The predicted octanol–water partition coefficient (Wildman–Crippen LogP) is 3.19. The molecule has 6 heteroatoms. The first kappa shape index (κ1) is 19.9. The van der Waals surface area contributed by atoms with Gasteiger partial charge in [-0.25, -0.2) is 4.79 Å². The Bertz CT molecular complexity index is 827. The van der Waals surface area contributed by atoms with Crippen LogP contribution in [0.3, 0.4) is 0 Å². The number of alkyl carbamates (subject to hydrolysis) is 1. The van der Waals surface area contributed by atoms with Crippen LogP contribution in [0.4, 0.5) is 4.79 Å². The van der Waals surface area contributed by atoms with Crippen LogP contribution >= 0.6 is 0 Å². The number of amides is 2. The Morgan fingerprint density at radius 2 is 1.57 bits per heavy atom. The van der Waals surface area contributed by atoms with Crippen molar-refractivity contribution in [1.29, 1.82) is 0 Å². The quantitative estimate of drug-likeness (QED) is 0.803. The van der Waals surface area contributed by atoms with Crippen LogP contribution in [-0.4, -0.2) is 36.9 Å². The highest BCUT2D eigenvalue weighted by atomic mass is 16.5. The summed E-state index contributed by atoms with van der Waals surface area (Å²) < 4.78 is 11.0. The van der Waals surface area contributed by atoms with Gasteiger partial charge >= 0.3 is 6.09 Å². The number of hydrogen-bond donors (Lipinski definition) is 2. The van der Waals surface area contributed by atoms with E-state index in [9.17, 15) is 9.59 Å². The van der Waals surface area contributed by atoms with E-state index in [0.29, 0.717) is 0 Å². The number of rotatable bonds is 6. The normalized spacial score (nSPS) is 14.1. The summed E-state index contributed by atoms with van der Waals surface area (Å²) in [5.41, 5.74) is 9.48. The van der Waals surface area contributed by atoms with Crippen LogP contribution in [0.1, 0.15) is 37.8 Å². The first-order valence-electron chi connectivity index (χ1n) is 9.31. The van der Waals surface area contributed by atoms with Gasteiger partial charge in [0.2, 0.25) is 5.91 Å². The molecule has 3 rings (SSSR count). The lowest BCUT2D eigenvalue weighted by molar-refractivity contribution is -0.123. The van der Waals surface area contributed by atoms with Crippen molar-refractivity contribution in [3.05, 3.63) is 59.7 Å². The lowest BCUT2D eigenvalue weighted by Crippen LogP contribution is -2.48. The van der Waals surface area contributed by atoms with Crippen molar-refractivity contribution in [1.82, 2.24) is 5.32 Å². The molecule has 0 bridgehead atoms. The van der Waals surface area contributed by atoms with Crippen LogP contribution in [0.15, 0.2) is 48.5 Å². The number of nitrogens with one attached hydrogen (secondary N) is 1. The SMILES string of the molecule is CC(C)(C)OCC(NC(=O)OCC1c2ccccc2-c2ccccc21)C(N)=O. The number of benzene rings is 2. The van der Waals surface area contributed by atoms with Crippen molar-refractivity contribution in [2.75, 3.05) is 13.2 Å². The van der Waals surface area contributed by atoms with Gasteiger partial charge in [-0.15, -0.1) is 0 Å². The highest BCUT2D eigenvalue weighted by Gasteiger charge is 2.29. The van der Waals surface area contributed by atoms with E-state index in [-0.39, 0.29) is 19.1 Å². The van der Waals surface area contributed by atoms with Gasteiger partial charge in [0.15, 0.2) is 0 Å². The van der Waals surface area contributed by atoms with Crippen molar-refractivity contribution in [3.63, 3.8) is 0 Å². The molecule has 1 aliphatic carbocycles. The topological polar surface area (TPSA) is 90.7 Å². The van der Waals surface area contributed by atoms with E-state index < -0.39 is 23.6 Å². The van der Waals surface area contributed by atoms with Gasteiger partial charge in [0.25, 0.3) is 0 Å². The number of nitrogens with two attached hydrogens (primary N) is 1. The Morgan fingerprint density at radius 3 is 2.07 bits per heavy atom. The minimum Gasteiger partial charge on any atom is -0.449 e. The molecule has 6 nitrogen and oxygen atoms in total. The van der Waals surface area contributed by atoms with E-state index in [4.69, 9.17) is 15.2 Å². The smallest absolute Gasteiger partial charge is 0.407 e. The van der Waals surface area contributed by atoms with Gasteiger partial charge in [-0.1, -0.05) is 48.5 Å². The Morgan fingerprint density at radius 1 is 1.04 bits per heavy atom. The molecule has 1 aliphatic rings. The minimum absolute atomic E-state index is 0.0109. The molecule has 28 heavy (non-hydrogen) atoms. The summed E-state index contributed by atoms with van der Waals surface area (Å²) in [4.78, 5) is 23.9. The lowest BCUT2D eigenvalue weighted by atomic mass is 9.98. The van der Waals surface area contributed by atoms with Gasteiger partial charge in [-0.2, -0.15) is 0 Å². The zero-order valence-electron chi connectivity index (χ0n) is 16.4. The van der Waals surface area contributed by atoms with Gasteiger partial charge in [-0.3, -0.25) is 4.79 Å². The average molecular weight is 382 g/mol. The van der Waals surface area contributed by atoms with Crippen molar-refractivity contribution in [2.45, 2.75) is 38.3 Å². The van der Waals surface area contributed by atoms with Gasteiger partial charge < -0.3 is 20.5 Å². The van der Waals surface area contributed by atoms with Crippen molar-refractivity contribution < 1.29 is 19.1 Å². The van der Waals surface area contributed by atoms with E-state index in [1.165, 1.54) is 0 Å². The third kappa shape index (κ3) is 4.51. The molecule has 0 fully saturated rings. The van der Waals surface area contributed by atoms with Crippen LogP contribution in [0.2, 0.25) is 0 Å². The van der Waals surface area contributed by atoms with E-state index in [2.05, 4.69) is 17.4 Å². The predicted molar refractivity (Wildman–Crippen MR) is 107 cm³/mol. The maximum absolute atomic E-state index is 12.3. The zero-order valence-corrected chi connectivity index (χ0v) is 16.4. The fourth-order valence-electron chi connectivity index (χ4n) is 3.31. The molecule has 1 atom stereocenters. The number of primary amides is 1. The first-order chi connectivity index (χ1) is 13.3. The van der Waals surface area contributed by atoms with Crippen LogP contribution in [-0.2, 0) is 14.3 Å². The highest BCUT2D eigenvalue weighted by molar-refractivity contribution is 5.84. The number of carbonyl (C=O) groups is 2. The highest BCUT2D eigenvalue weighted by Crippen LogP contribution is 2.44. The fraction of sp³-hybridized carbons (Fsp3) is 0.364. The van der Waals surface area contributed by atoms with Gasteiger partial charge in [-0.05, 0) is 43.0 Å². The van der Waals surface area contributed by atoms with Crippen molar-refractivity contribution in [3.8, 4) is 11.1 Å². The number of fused-ring (bicyclic) bond motifs is 3. The summed E-state index contributed by atoms with van der Waals surface area (Å²) in [5, 5.41) is 2.50. The second-order valence-corrected chi connectivity index (χ2v) is 7.85. The molecule has 2 aromatic carbocycles. The number of hydrogen-bond acceptors (Lipinski definition) is 4. The molecule has 3 N–H and O–H groups in total. The van der Waals surface area contributed by atoms with E-state index in [1.807, 2.05) is 57.2 Å². The Kier molecular flexibility index (Phi) is 5.70. The second-order valence-electron chi connectivity index (χ2n) is 7.85. The van der Waals surface area contributed by atoms with E-state index in [0.717, 1.165) is 22.3 Å². The summed E-state index contributed by atoms with van der Waals surface area (Å²) in [6.07, 6.45) is -0.692. The lowest BCUT2D eigenvalue weighted by Gasteiger charge is -2.23. The molecule has 0 radical (unpaired) electrons. The second kappa shape index (κ2) is 8.02. The number of carbonyl (C=O) groups excluding carboxylic acids is 2. The van der Waals surface area contributed by atoms with Gasteiger partial charge in [0, 0.05) is 5.92 Å². The largest absolute Gasteiger partial charge is 0.449 e. The molecule has 2 amide bonds. The Balaban J connectivity index is 1.65. The van der Waals surface area contributed by atoms with Crippen molar-refractivity contribution >= 4 is 12.0 Å². The summed E-state index contributed by atoms with van der Waals surface area (Å²) in [5.74, 6) is -0.714. The maximum atomic E-state index is 12.3. The summed E-state index contributed by atoms with van der Waals surface area (Å²) in [7, 11) is 0. The molecular formula is C22H26N2O4. The fourth-order valence-corrected chi connectivity index (χ4v) is 3.31. The number of ether oxygens (including phenoxy) is 2. The average Bonchev–Trinajstić information content (AvgIpc) is 2.96. The molecule has 1 unspecified atom stereocenters. The molecule has 2 aromatic rings. The molecule has 148 valence electrons. The summed E-state index contributed by atoms with van der Waals surface area (Å²) in [6.45, 7) is 5.74. The molecule has 0 saturated heterocycles. The minimum atomic E-state index is -0.949. The first-order valence-corrected chi connectivity index (χ1v) is 9.31. The van der Waals surface area contributed by atoms with Gasteiger partial charge in [0.05, 0.1) is 12.2 Å². The zero-order chi connectivity index (χ0) is 20.3. The molecule has 0 heterocycles. The Labute approximate surface area is 165 Å². The standard InChI is InChI=1S/C22H26N2O4/c1-22(2,3)28-13-19(20(23)25)24-21(26)27-12-18-16-10-6-4-8-14(16)15-9-5-7-11-17(15)18/h4-11,18-19H,12-13H2,1-3H3,(H2,23,25)(H,24,26). The van der Waals surface area contributed by atoms with Crippen LogP contribution in [0, 0.1) is 0 Å². The summed E-state index contributed by atoms with van der Waals surface area (Å²) >= 11 is 0. The third-order valence-corrected chi connectivity index (χ3v) is 4.66. The molecule has 0 spiro atoms. The Hall–Kier alpha value is -2.86. The van der Waals surface area contributed by atoms with Gasteiger partial charge in [0.1, 0.15) is 12.6 Å². The monoisotopic (exact) mass is 382 g/mol. The summed E-state index contributed by atoms with van der Waals surface area (Å²) in [6, 6.07) is 15.2. The van der Waals surface area contributed by atoms with Crippen molar-refractivity contribution in [2.24, 2.45) is 5.73 Å². The molecular weight excluding hydrogens is 356 g/mol. The van der Waals surface area contributed by atoms with E-state index in [1.54, 1.807) is 0 Å². The van der Waals surface area contributed by atoms with Crippen LogP contribution in [0.5, 0.6) is 0 Å². The third-order valence-electron chi connectivity index (χ3n) is 4.66. The van der Waals surface area contributed by atoms with Crippen LogP contribution < -0.4 is 11.1 Å². The molecule has 0 saturated carbocycles. The molecule has 0 aromatic heterocycles. The maximum Gasteiger partial charge on any atom is 0.407 e. The molecule has 0 aliphatic heterocycles.